The second-order valence-electron chi connectivity index (χ2n) is 8.09. The van der Waals surface area contributed by atoms with Crippen molar-refractivity contribution in [1.29, 1.82) is 0 Å². The number of anilines is 1. The van der Waals surface area contributed by atoms with Crippen molar-refractivity contribution in [2.45, 2.75) is 43.5 Å². The Morgan fingerprint density at radius 2 is 1.77 bits per heavy atom. The van der Waals surface area contributed by atoms with E-state index in [1.807, 2.05) is 24.3 Å². The van der Waals surface area contributed by atoms with Crippen LogP contribution in [-0.2, 0) is 22.6 Å². The number of likely N-dealkylation sites (tertiary alicyclic amines) is 1. The van der Waals surface area contributed by atoms with Gasteiger partial charge in [0, 0.05) is 31.4 Å². The van der Waals surface area contributed by atoms with Crippen molar-refractivity contribution in [3.8, 4) is 0 Å². The summed E-state index contributed by atoms with van der Waals surface area (Å²) in [5.41, 5.74) is 3.40. The van der Waals surface area contributed by atoms with E-state index in [0.29, 0.717) is 5.75 Å². The zero-order chi connectivity index (χ0) is 20.8. The number of hydrogen-bond donors (Lipinski definition) is 2. The van der Waals surface area contributed by atoms with Gasteiger partial charge in [-0.1, -0.05) is 48.5 Å². The number of aryl methyl sites for hydroxylation is 1. The van der Waals surface area contributed by atoms with Crippen molar-refractivity contribution in [1.82, 2.24) is 10.2 Å². The topological polar surface area (TPSA) is 61.4 Å². The van der Waals surface area contributed by atoms with Gasteiger partial charge in [0.05, 0.1) is 11.0 Å². The Morgan fingerprint density at radius 3 is 2.57 bits per heavy atom. The summed E-state index contributed by atoms with van der Waals surface area (Å²) in [4.78, 5) is 27.4. The Labute approximate surface area is 182 Å². The minimum absolute atomic E-state index is 0.00645. The summed E-state index contributed by atoms with van der Waals surface area (Å²) in [5, 5.41) is 5.99. The van der Waals surface area contributed by atoms with Gasteiger partial charge in [0.25, 0.3) is 0 Å². The molecule has 158 valence electrons. The quantitative estimate of drug-likeness (QED) is 0.747. The molecule has 1 atom stereocenters. The van der Waals surface area contributed by atoms with Crippen LogP contribution in [0.1, 0.15) is 30.4 Å². The molecule has 1 saturated heterocycles. The average Bonchev–Trinajstić information content (AvgIpc) is 2.92. The number of nitrogens with zero attached hydrogens (tertiary/aromatic N) is 1. The zero-order valence-corrected chi connectivity index (χ0v) is 18.0. The molecule has 2 heterocycles. The van der Waals surface area contributed by atoms with Gasteiger partial charge in [0.1, 0.15) is 0 Å². The minimum Gasteiger partial charge on any atom is -0.353 e. The number of hydrogen-bond acceptors (Lipinski definition) is 4. The predicted molar refractivity (Wildman–Crippen MR) is 123 cm³/mol. The van der Waals surface area contributed by atoms with Crippen LogP contribution in [0, 0.1) is 0 Å². The number of benzene rings is 2. The third-order valence-corrected chi connectivity index (χ3v) is 7.14. The van der Waals surface area contributed by atoms with Gasteiger partial charge in [-0.05, 0) is 42.9 Å². The molecule has 0 aromatic heterocycles. The fourth-order valence-electron chi connectivity index (χ4n) is 4.17. The number of nitrogens with one attached hydrogen (secondary N) is 2. The molecule has 5 nitrogen and oxygen atoms in total. The highest BCUT2D eigenvalue weighted by Gasteiger charge is 2.26. The van der Waals surface area contributed by atoms with Gasteiger partial charge in [-0.25, -0.2) is 0 Å². The molecule has 4 rings (SSSR count). The van der Waals surface area contributed by atoms with Crippen LogP contribution in [-0.4, -0.2) is 46.8 Å². The second kappa shape index (κ2) is 10.1. The maximum atomic E-state index is 12.5. The van der Waals surface area contributed by atoms with E-state index in [0.717, 1.165) is 51.0 Å². The van der Waals surface area contributed by atoms with Crippen molar-refractivity contribution in [2.75, 3.05) is 24.2 Å². The standard InChI is InChI=1S/C24H29N3O2S/c28-23(17-30-22-11-10-19-8-4-5-9-21(19)26-24(22)29)25-20-12-14-27(15-13-20)16-18-6-2-1-3-7-18/h1-9,20,22H,10-17H2,(H,25,28)(H,26,29)/t22-/m0/s1. The van der Waals surface area contributed by atoms with Crippen LogP contribution in [0.2, 0.25) is 0 Å². The Kier molecular flexibility index (Phi) is 7.07. The number of piperidine rings is 1. The van der Waals surface area contributed by atoms with Gasteiger partial charge < -0.3 is 10.6 Å². The summed E-state index contributed by atoms with van der Waals surface area (Å²) in [7, 11) is 0. The van der Waals surface area contributed by atoms with E-state index in [-0.39, 0.29) is 23.1 Å². The van der Waals surface area contributed by atoms with E-state index in [9.17, 15) is 9.59 Å². The van der Waals surface area contributed by atoms with E-state index in [1.165, 1.54) is 22.9 Å². The first kappa shape index (κ1) is 20.9. The fourth-order valence-corrected chi connectivity index (χ4v) is 5.10. The molecule has 0 radical (unpaired) electrons. The molecule has 2 amide bonds. The highest BCUT2D eigenvalue weighted by molar-refractivity contribution is 8.01. The van der Waals surface area contributed by atoms with E-state index in [2.05, 4.69) is 45.9 Å². The Hall–Kier alpha value is -2.31. The average molecular weight is 424 g/mol. The van der Waals surface area contributed by atoms with Crippen molar-refractivity contribution >= 4 is 29.3 Å². The van der Waals surface area contributed by atoms with Crippen molar-refractivity contribution < 1.29 is 9.59 Å². The summed E-state index contributed by atoms with van der Waals surface area (Å²) >= 11 is 1.45. The summed E-state index contributed by atoms with van der Waals surface area (Å²) in [5.74, 6) is 0.376. The number of rotatable bonds is 6. The number of carbonyl (C=O) groups excluding carboxylic acids is 2. The summed E-state index contributed by atoms with van der Waals surface area (Å²) < 4.78 is 0. The van der Waals surface area contributed by atoms with Crippen molar-refractivity contribution in [3.63, 3.8) is 0 Å². The van der Waals surface area contributed by atoms with Gasteiger partial charge in [0.2, 0.25) is 11.8 Å². The maximum absolute atomic E-state index is 12.5. The summed E-state index contributed by atoms with van der Waals surface area (Å²) in [6.07, 6.45) is 3.57. The maximum Gasteiger partial charge on any atom is 0.237 e. The van der Waals surface area contributed by atoms with Gasteiger partial charge in [0.15, 0.2) is 0 Å². The molecule has 2 aromatic rings. The highest BCUT2D eigenvalue weighted by atomic mass is 32.2. The molecule has 2 aliphatic rings. The molecule has 1 fully saturated rings. The zero-order valence-electron chi connectivity index (χ0n) is 17.2. The van der Waals surface area contributed by atoms with Crippen LogP contribution >= 0.6 is 11.8 Å². The van der Waals surface area contributed by atoms with Crippen LogP contribution in [0.4, 0.5) is 5.69 Å². The third kappa shape index (κ3) is 5.64. The largest absolute Gasteiger partial charge is 0.353 e. The van der Waals surface area contributed by atoms with Gasteiger partial charge >= 0.3 is 0 Å². The van der Waals surface area contributed by atoms with Crippen LogP contribution in [0.5, 0.6) is 0 Å². The summed E-state index contributed by atoms with van der Waals surface area (Å²) in [6, 6.07) is 18.7. The van der Waals surface area contributed by atoms with Gasteiger partial charge in [-0.3, -0.25) is 14.5 Å². The number of para-hydroxylation sites is 1. The lowest BCUT2D eigenvalue weighted by Gasteiger charge is -2.32. The molecule has 2 N–H and O–H groups in total. The minimum atomic E-state index is -0.184. The highest BCUT2D eigenvalue weighted by Crippen LogP contribution is 2.27. The smallest absolute Gasteiger partial charge is 0.237 e. The first-order chi connectivity index (χ1) is 14.7. The molecule has 2 aliphatic heterocycles. The lowest BCUT2D eigenvalue weighted by molar-refractivity contribution is -0.119. The van der Waals surface area contributed by atoms with Crippen LogP contribution in [0.25, 0.3) is 0 Å². The van der Waals surface area contributed by atoms with Crippen LogP contribution in [0.15, 0.2) is 54.6 Å². The van der Waals surface area contributed by atoms with E-state index in [4.69, 9.17) is 0 Å². The van der Waals surface area contributed by atoms with Gasteiger partial charge in [-0.2, -0.15) is 0 Å². The molecule has 0 bridgehead atoms. The first-order valence-corrected chi connectivity index (χ1v) is 11.8. The molecule has 30 heavy (non-hydrogen) atoms. The van der Waals surface area contributed by atoms with E-state index < -0.39 is 0 Å². The Balaban J connectivity index is 1.18. The molecule has 0 spiro atoms. The molecular formula is C24H29N3O2S. The lowest BCUT2D eigenvalue weighted by atomic mass is 10.0. The third-order valence-electron chi connectivity index (χ3n) is 5.86. The molecule has 0 unspecified atom stereocenters. The van der Waals surface area contributed by atoms with Crippen molar-refractivity contribution in [2.24, 2.45) is 0 Å². The fraction of sp³-hybridized carbons (Fsp3) is 0.417. The second-order valence-corrected chi connectivity index (χ2v) is 9.28. The molecule has 0 saturated carbocycles. The SMILES string of the molecule is O=C(CS[C@H]1CCc2ccccc2NC1=O)NC1CCN(Cc2ccccc2)CC1. The van der Waals surface area contributed by atoms with E-state index >= 15 is 0 Å². The molecule has 2 aromatic carbocycles. The first-order valence-electron chi connectivity index (χ1n) is 10.7. The van der Waals surface area contributed by atoms with Gasteiger partial charge in [-0.15, -0.1) is 11.8 Å². The summed E-state index contributed by atoms with van der Waals surface area (Å²) in [6.45, 7) is 2.96. The molecular weight excluding hydrogens is 394 g/mol. The van der Waals surface area contributed by atoms with Crippen LogP contribution in [0.3, 0.4) is 0 Å². The number of amides is 2. The lowest BCUT2D eigenvalue weighted by Crippen LogP contribution is -2.45. The Bertz CT molecular complexity index is 866. The number of carbonyl (C=O) groups is 2. The van der Waals surface area contributed by atoms with E-state index in [1.54, 1.807) is 0 Å². The Morgan fingerprint density at radius 1 is 1.03 bits per heavy atom. The molecule has 0 aliphatic carbocycles. The van der Waals surface area contributed by atoms with Crippen molar-refractivity contribution in [3.05, 3.63) is 65.7 Å². The monoisotopic (exact) mass is 423 g/mol. The number of thioether (sulfide) groups is 1. The predicted octanol–water partition coefficient (Wildman–Crippen LogP) is 3.45. The normalized spacial score (nSPS) is 20.1. The molecule has 6 heteroatoms. The van der Waals surface area contributed by atoms with Crippen LogP contribution < -0.4 is 10.6 Å². The number of fused-ring (bicyclic) bond motifs is 1.